The van der Waals surface area contributed by atoms with Gasteiger partial charge in [0.2, 0.25) is 0 Å². The summed E-state index contributed by atoms with van der Waals surface area (Å²) in [6.45, 7) is 3.90. The number of amides is 1. The zero-order valence-corrected chi connectivity index (χ0v) is 12.5. The highest BCUT2D eigenvalue weighted by molar-refractivity contribution is 9.10. The van der Waals surface area contributed by atoms with Crippen LogP contribution in [0.3, 0.4) is 0 Å². The minimum Gasteiger partial charge on any atom is -0.343 e. The van der Waals surface area contributed by atoms with E-state index in [0.29, 0.717) is 5.56 Å². The summed E-state index contributed by atoms with van der Waals surface area (Å²) < 4.78 is 0.912. The molecule has 2 rings (SSSR count). The average molecular weight is 325 g/mol. The maximum absolute atomic E-state index is 12.1. The summed E-state index contributed by atoms with van der Waals surface area (Å²) in [6.07, 6.45) is 1.74. The Morgan fingerprint density at radius 1 is 1.44 bits per heavy atom. The van der Waals surface area contributed by atoms with Crippen LogP contribution in [0.15, 0.2) is 34.2 Å². The molecule has 0 spiro atoms. The average Bonchev–Trinajstić information content (AvgIpc) is 2.80. The molecular formula is C13H13BrN2OS. The quantitative estimate of drug-likeness (QED) is 0.935. The molecule has 0 aliphatic heterocycles. The van der Waals surface area contributed by atoms with Crippen LogP contribution >= 0.6 is 27.3 Å². The van der Waals surface area contributed by atoms with Crippen molar-refractivity contribution in [2.24, 2.45) is 0 Å². The molecule has 0 aliphatic carbocycles. The molecule has 0 bridgehead atoms. The summed E-state index contributed by atoms with van der Waals surface area (Å²) in [4.78, 5) is 16.3. The largest absolute Gasteiger partial charge is 0.343 e. The van der Waals surface area contributed by atoms with Crippen molar-refractivity contribution in [2.45, 2.75) is 19.9 Å². The van der Waals surface area contributed by atoms with Crippen molar-refractivity contribution in [1.82, 2.24) is 10.3 Å². The molecule has 5 heteroatoms. The van der Waals surface area contributed by atoms with Gasteiger partial charge in [-0.2, -0.15) is 0 Å². The molecule has 0 aliphatic rings. The smallest absolute Gasteiger partial charge is 0.251 e. The van der Waals surface area contributed by atoms with E-state index < -0.39 is 0 Å². The van der Waals surface area contributed by atoms with Crippen LogP contribution in [0, 0.1) is 6.92 Å². The predicted molar refractivity (Wildman–Crippen MR) is 76.9 cm³/mol. The molecule has 1 unspecified atom stereocenters. The molecule has 0 saturated heterocycles. The number of carbonyl (C=O) groups is 1. The Morgan fingerprint density at radius 2 is 2.22 bits per heavy atom. The highest BCUT2D eigenvalue weighted by Crippen LogP contribution is 2.18. The number of aryl methyl sites for hydroxylation is 1. The first kappa shape index (κ1) is 13.2. The van der Waals surface area contributed by atoms with Crippen molar-refractivity contribution in [3.8, 4) is 0 Å². The number of nitrogens with one attached hydrogen (secondary N) is 1. The number of carbonyl (C=O) groups excluding carboxylic acids is 1. The van der Waals surface area contributed by atoms with Crippen molar-refractivity contribution in [3.05, 3.63) is 50.4 Å². The van der Waals surface area contributed by atoms with E-state index in [2.05, 4.69) is 26.2 Å². The number of benzene rings is 1. The van der Waals surface area contributed by atoms with Crippen molar-refractivity contribution in [3.63, 3.8) is 0 Å². The van der Waals surface area contributed by atoms with E-state index in [9.17, 15) is 4.79 Å². The Hall–Kier alpha value is -1.20. The number of hydrogen-bond acceptors (Lipinski definition) is 3. The van der Waals surface area contributed by atoms with Crippen LogP contribution in [0.4, 0.5) is 0 Å². The maximum Gasteiger partial charge on any atom is 0.251 e. The van der Waals surface area contributed by atoms with Crippen molar-refractivity contribution >= 4 is 33.2 Å². The molecule has 1 atom stereocenters. The zero-order chi connectivity index (χ0) is 13.1. The van der Waals surface area contributed by atoms with E-state index in [1.165, 1.54) is 11.3 Å². The van der Waals surface area contributed by atoms with Gasteiger partial charge in [-0.1, -0.05) is 15.9 Å². The van der Waals surface area contributed by atoms with Crippen LogP contribution in [0.5, 0.6) is 0 Å². The van der Waals surface area contributed by atoms with E-state index in [-0.39, 0.29) is 11.9 Å². The number of halogens is 1. The van der Waals surface area contributed by atoms with Gasteiger partial charge in [0, 0.05) is 21.6 Å². The van der Waals surface area contributed by atoms with Gasteiger partial charge in [-0.15, -0.1) is 11.3 Å². The topological polar surface area (TPSA) is 42.0 Å². The van der Waals surface area contributed by atoms with Gasteiger partial charge in [0.05, 0.1) is 6.04 Å². The molecule has 18 heavy (non-hydrogen) atoms. The summed E-state index contributed by atoms with van der Waals surface area (Å²) in [5.74, 6) is -0.0814. The molecule has 0 radical (unpaired) electrons. The van der Waals surface area contributed by atoms with Gasteiger partial charge in [0.1, 0.15) is 5.01 Å². The summed E-state index contributed by atoms with van der Waals surface area (Å²) in [6, 6.07) is 5.59. The Morgan fingerprint density at radius 3 is 2.83 bits per heavy atom. The lowest BCUT2D eigenvalue weighted by molar-refractivity contribution is 0.0939. The molecule has 94 valence electrons. The second-order valence-electron chi connectivity index (χ2n) is 4.08. The van der Waals surface area contributed by atoms with Gasteiger partial charge < -0.3 is 5.32 Å². The molecule has 1 aromatic carbocycles. The predicted octanol–water partition coefficient (Wildman–Crippen LogP) is 3.71. The van der Waals surface area contributed by atoms with Crippen LogP contribution < -0.4 is 5.32 Å². The van der Waals surface area contributed by atoms with Gasteiger partial charge in [-0.25, -0.2) is 4.98 Å². The normalized spacial score (nSPS) is 12.2. The van der Waals surface area contributed by atoms with E-state index in [1.54, 1.807) is 6.20 Å². The number of rotatable bonds is 3. The Kier molecular flexibility index (Phi) is 4.14. The van der Waals surface area contributed by atoms with Crippen LogP contribution in [0.1, 0.15) is 33.9 Å². The minimum atomic E-state index is -0.0814. The van der Waals surface area contributed by atoms with E-state index in [4.69, 9.17) is 0 Å². The molecule has 0 saturated carbocycles. The molecule has 1 aromatic heterocycles. The van der Waals surface area contributed by atoms with E-state index in [0.717, 1.165) is 15.0 Å². The van der Waals surface area contributed by atoms with Gasteiger partial charge in [0.25, 0.3) is 5.91 Å². The van der Waals surface area contributed by atoms with Crippen molar-refractivity contribution < 1.29 is 4.79 Å². The maximum atomic E-state index is 12.1. The Balaban J connectivity index is 2.12. The fraction of sp³-hybridized carbons (Fsp3) is 0.231. The fourth-order valence-electron chi connectivity index (χ4n) is 1.66. The highest BCUT2D eigenvalue weighted by atomic mass is 79.9. The third-order valence-electron chi connectivity index (χ3n) is 2.47. The van der Waals surface area contributed by atoms with Crippen LogP contribution in [-0.4, -0.2) is 10.9 Å². The van der Waals surface area contributed by atoms with Gasteiger partial charge >= 0.3 is 0 Å². The van der Waals surface area contributed by atoms with Crippen LogP contribution in [0.25, 0.3) is 0 Å². The molecule has 0 fully saturated rings. The summed E-state index contributed by atoms with van der Waals surface area (Å²) in [5, 5.41) is 5.76. The monoisotopic (exact) mass is 324 g/mol. The molecule has 1 amide bonds. The van der Waals surface area contributed by atoms with Crippen molar-refractivity contribution in [2.75, 3.05) is 0 Å². The molecule has 1 heterocycles. The van der Waals surface area contributed by atoms with Crippen molar-refractivity contribution in [1.29, 1.82) is 0 Å². The lowest BCUT2D eigenvalue weighted by atomic mass is 10.1. The first-order valence-electron chi connectivity index (χ1n) is 5.53. The second-order valence-corrected chi connectivity index (χ2v) is 5.92. The van der Waals surface area contributed by atoms with Crippen LogP contribution in [-0.2, 0) is 0 Å². The summed E-state index contributed by atoms with van der Waals surface area (Å²) in [5.41, 5.74) is 1.71. The number of nitrogens with zero attached hydrogens (tertiary/aromatic N) is 1. The summed E-state index contributed by atoms with van der Waals surface area (Å²) >= 11 is 4.94. The number of hydrogen-bond donors (Lipinski definition) is 1. The van der Waals surface area contributed by atoms with Gasteiger partial charge in [-0.05, 0) is 37.6 Å². The summed E-state index contributed by atoms with van der Waals surface area (Å²) in [7, 11) is 0. The van der Waals surface area contributed by atoms with Gasteiger partial charge in [-0.3, -0.25) is 4.79 Å². The standard InChI is InChI=1S/C13H13BrN2OS/c1-8-5-10(7-11(14)6-8)12(17)16-9(2)13-15-3-4-18-13/h3-7,9H,1-2H3,(H,16,17). The first-order valence-corrected chi connectivity index (χ1v) is 7.21. The van der Waals surface area contributed by atoms with E-state index in [1.807, 2.05) is 37.4 Å². The molecule has 2 aromatic rings. The highest BCUT2D eigenvalue weighted by Gasteiger charge is 2.13. The van der Waals surface area contributed by atoms with Crippen LogP contribution in [0.2, 0.25) is 0 Å². The minimum absolute atomic E-state index is 0.0724. The fourth-order valence-corrected chi connectivity index (χ4v) is 2.91. The third kappa shape index (κ3) is 3.17. The lowest BCUT2D eigenvalue weighted by Crippen LogP contribution is -2.26. The molecule has 1 N–H and O–H groups in total. The van der Waals surface area contributed by atoms with E-state index >= 15 is 0 Å². The molecule has 3 nitrogen and oxygen atoms in total. The lowest BCUT2D eigenvalue weighted by Gasteiger charge is -2.11. The SMILES string of the molecule is Cc1cc(Br)cc(C(=O)NC(C)c2nccs2)c1. The Labute approximate surface area is 118 Å². The number of aromatic nitrogens is 1. The first-order chi connectivity index (χ1) is 8.56. The van der Waals surface area contributed by atoms with Gasteiger partial charge in [0.15, 0.2) is 0 Å². The second kappa shape index (κ2) is 5.63. The Bertz CT molecular complexity index is 534. The third-order valence-corrected chi connectivity index (χ3v) is 3.89. The zero-order valence-electron chi connectivity index (χ0n) is 10.1. The number of thiazole rings is 1. The molecular weight excluding hydrogens is 312 g/mol.